The third-order valence-electron chi connectivity index (χ3n) is 5.25. The van der Waals surface area contributed by atoms with Crippen LogP contribution in [0.15, 0.2) is 47.1 Å². The zero-order chi connectivity index (χ0) is 17.4. The van der Waals surface area contributed by atoms with E-state index in [1.165, 1.54) is 5.56 Å². The molecule has 0 N–H and O–H groups in total. The highest BCUT2D eigenvalue weighted by Crippen LogP contribution is 2.33. The first-order valence-electron chi connectivity index (χ1n) is 8.84. The van der Waals surface area contributed by atoms with Gasteiger partial charge in [-0.05, 0) is 43.5 Å². The Morgan fingerprint density at radius 2 is 2.08 bits per heavy atom. The number of benzene rings is 1. The SMILES string of the molecule is CC1CCc2ccccc2N1C(=O)C1CC(=O)N(Cc2ccco2)C1. The molecule has 1 saturated heterocycles. The molecule has 2 unspecified atom stereocenters. The van der Waals surface area contributed by atoms with Crippen molar-refractivity contribution in [1.29, 1.82) is 0 Å². The molecule has 0 radical (unpaired) electrons. The van der Waals surface area contributed by atoms with Crippen LogP contribution in [0.1, 0.15) is 31.1 Å². The lowest BCUT2D eigenvalue weighted by Crippen LogP contribution is -2.45. The minimum atomic E-state index is -0.281. The van der Waals surface area contributed by atoms with Gasteiger partial charge in [0.1, 0.15) is 5.76 Å². The number of para-hydroxylation sites is 1. The number of hydrogen-bond acceptors (Lipinski definition) is 3. The number of hydrogen-bond donors (Lipinski definition) is 0. The summed E-state index contributed by atoms with van der Waals surface area (Å²) in [6, 6.07) is 11.9. The highest BCUT2D eigenvalue weighted by molar-refractivity contribution is 6.00. The molecule has 3 heterocycles. The highest BCUT2D eigenvalue weighted by Gasteiger charge is 2.39. The Morgan fingerprint density at radius 3 is 2.88 bits per heavy atom. The van der Waals surface area contributed by atoms with Gasteiger partial charge in [0.2, 0.25) is 11.8 Å². The number of aryl methyl sites for hydroxylation is 1. The first kappa shape index (κ1) is 15.9. The van der Waals surface area contributed by atoms with Gasteiger partial charge in [-0.3, -0.25) is 9.59 Å². The van der Waals surface area contributed by atoms with Gasteiger partial charge in [-0.25, -0.2) is 0 Å². The van der Waals surface area contributed by atoms with Crippen molar-refractivity contribution in [2.75, 3.05) is 11.4 Å². The summed E-state index contributed by atoms with van der Waals surface area (Å²) >= 11 is 0. The van der Waals surface area contributed by atoms with Crippen LogP contribution >= 0.6 is 0 Å². The molecule has 0 aliphatic carbocycles. The van der Waals surface area contributed by atoms with Crippen LogP contribution in [0.4, 0.5) is 5.69 Å². The quantitative estimate of drug-likeness (QED) is 0.864. The molecule has 0 bridgehead atoms. The predicted octanol–water partition coefficient (Wildman–Crippen LogP) is 3.00. The van der Waals surface area contributed by atoms with Crippen LogP contribution in [0.3, 0.4) is 0 Å². The molecule has 1 aromatic carbocycles. The van der Waals surface area contributed by atoms with E-state index >= 15 is 0 Å². The van der Waals surface area contributed by atoms with Crippen LogP contribution in [-0.4, -0.2) is 29.3 Å². The number of nitrogens with zero attached hydrogens (tertiary/aromatic N) is 2. The van der Waals surface area contributed by atoms with Crippen molar-refractivity contribution in [3.63, 3.8) is 0 Å². The summed E-state index contributed by atoms with van der Waals surface area (Å²) in [5, 5.41) is 0. The molecule has 2 aliphatic heterocycles. The fourth-order valence-electron chi connectivity index (χ4n) is 3.90. The Balaban J connectivity index is 1.52. The molecular formula is C20H22N2O3. The van der Waals surface area contributed by atoms with Gasteiger partial charge in [0.15, 0.2) is 0 Å². The van der Waals surface area contributed by atoms with E-state index < -0.39 is 0 Å². The molecule has 2 aromatic rings. The Hall–Kier alpha value is -2.56. The summed E-state index contributed by atoms with van der Waals surface area (Å²) in [5.74, 6) is 0.553. The fraction of sp³-hybridized carbons (Fsp3) is 0.400. The standard InChI is InChI=1S/C20H22N2O3/c1-14-8-9-15-5-2-3-7-18(15)22(14)20(24)16-11-19(23)21(12-16)13-17-6-4-10-25-17/h2-7,10,14,16H,8-9,11-13H2,1H3. The van der Waals surface area contributed by atoms with Gasteiger partial charge < -0.3 is 14.2 Å². The summed E-state index contributed by atoms with van der Waals surface area (Å²) in [6.07, 6.45) is 3.84. The lowest BCUT2D eigenvalue weighted by Gasteiger charge is -2.36. The molecule has 0 saturated carbocycles. The van der Waals surface area contributed by atoms with Crippen LogP contribution in [0.2, 0.25) is 0 Å². The van der Waals surface area contributed by atoms with E-state index in [9.17, 15) is 9.59 Å². The first-order chi connectivity index (χ1) is 12.1. The topological polar surface area (TPSA) is 53.8 Å². The van der Waals surface area contributed by atoms with Gasteiger partial charge in [0.05, 0.1) is 18.7 Å². The second kappa shape index (κ2) is 6.39. The first-order valence-corrected chi connectivity index (χ1v) is 8.84. The zero-order valence-electron chi connectivity index (χ0n) is 14.4. The molecule has 1 fully saturated rings. The number of anilines is 1. The van der Waals surface area contributed by atoms with E-state index in [0.717, 1.165) is 24.3 Å². The number of fused-ring (bicyclic) bond motifs is 1. The van der Waals surface area contributed by atoms with Crippen LogP contribution in [0.25, 0.3) is 0 Å². The van der Waals surface area contributed by atoms with Crippen LogP contribution in [0, 0.1) is 5.92 Å². The van der Waals surface area contributed by atoms with E-state index in [-0.39, 0.29) is 30.2 Å². The molecule has 0 spiro atoms. The number of carbonyl (C=O) groups excluding carboxylic acids is 2. The minimum Gasteiger partial charge on any atom is -0.467 e. The molecule has 25 heavy (non-hydrogen) atoms. The van der Waals surface area contributed by atoms with Gasteiger partial charge in [-0.15, -0.1) is 0 Å². The fourth-order valence-corrected chi connectivity index (χ4v) is 3.90. The lowest BCUT2D eigenvalue weighted by molar-refractivity contribution is -0.129. The van der Waals surface area contributed by atoms with Crippen molar-refractivity contribution in [3.05, 3.63) is 54.0 Å². The van der Waals surface area contributed by atoms with E-state index in [1.807, 2.05) is 35.2 Å². The van der Waals surface area contributed by atoms with Crippen LogP contribution in [0.5, 0.6) is 0 Å². The Bertz CT molecular complexity index is 784. The number of furan rings is 1. The molecule has 4 rings (SSSR count). The third kappa shape index (κ3) is 2.95. The van der Waals surface area contributed by atoms with Crippen molar-refractivity contribution < 1.29 is 14.0 Å². The maximum atomic E-state index is 13.2. The highest BCUT2D eigenvalue weighted by atomic mass is 16.3. The second-order valence-corrected chi connectivity index (χ2v) is 6.98. The monoisotopic (exact) mass is 338 g/mol. The molecule has 2 amide bonds. The second-order valence-electron chi connectivity index (χ2n) is 6.98. The normalized spacial score (nSPS) is 23.0. The van der Waals surface area contributed by atoms with E-state index in [2.05, 4.69) is 13.0 Å². The van der Waals surface area contributed by atoms with Crippen molar-refractivity contribution >= 4 is 17.5 Å². The molecule has 1 aromatic heterocycles. The van der Waals surface area contributed by atoms with E-state index in [4.69, 9.17) is 4.42 Å². The Kier molecular flexibility index (Phi) is 4.07. The minimum absolute atomic E-state index is 0.0210. The Morgan fingerprint density at radius 1 is 1.24 bits per heavy atom. The van der Waals surface area contributed by atoms with Gasteiger partial charge in [-0.2, -0.15) is 0 Å². The van der Waals surface area contributed by atoms with Crippen molar-refractivity contribution in [3.8, 4) is 0 Å². The largest absolute Gasteiger partial charge is 0.467 e. The van der Waals surface area contributed by atoms with Gasteiger partial charge >= 0.3 is 0 Å². The average Bonchev–Trinajstić information content (AvgIpc) is 3.25. The number of carbonyl (C=O) groups is 2. The summed E-state index contributed by atoms with van der Waals surface area (Å²) in [5.41, 5.74) is 2.22. The molecule has 5 heteroatoms. The summed E-state index contributed by atoms with van der Waals surface area (Å²) < 4.78 is 5.33. The number of amides is 2. The predicted molar refractivity (Wildman–Crippen MR) is 93.9 cm³/mol. The molecule has 5 nitrogen and oxygen atoms in total. The number of likely N-dealkylation sites (tertiary alicyclic amines) is 1. The van der Waals surface area contributed by atoms with Gasteiger partial charge in [0.25, 0.3) is 0 Å². The smallest absolute Gasteiger partial charge is 0.232 e. The molecule has 2 atom stereocenters. The summed E-state index contributed by atoms with van der Waals surface area (Å²) in [4.78, 5) is 29.2. The lowest BCUT2D eigenvalue weighted by atomic mass is 9.94. The third-order valence-corrected chi connectivity index (χ3v) is 5.25. The average molecular weight is 338 g/mol. The van der Waals surface area contributed by atoms with Crippen LogP contribution < -0.4 is 4.90 Å². The molecular weight excluding hydrogens is 316 g/mol. The summed E-state index contributed by atoms with van der Waals surface area (Å²) in [7, 11) is 0. The maximum absolute atomic E-state index is 13.2. The van der Waals surface area contributed by atoms with E-state index in [1.54, 1.807) is 11.2 Å². The molecule has 2 aliphatic rings. The zero-order valence-corrected chi connectivity index (χ0v) is 14.4. The van der Waals surface area contributed by atoms with Gasteiger partial charge in [0, 0.05) is 24.7 Å². The number of rotatable bonds is 3. The molecule has 130 valence electrons. The Labute approximate surface area is 147 Å². The maximum Gasteiger partial charge on any atom is 0.232 e. The van der Waals surface area contributed by atoms with Crippen molar-refractivity contribution in [2.45, 2.75) is 38.8 Å². The van der Waals surface area contributed by atoms with Crippen LogP contribution in [-0.2, 0) is 22.6 Å². The summed E-state index contributed by atoms with van der Waals surface area (Å²) in [6.45, 7) is 2.98. The van der Waals surface area contributed by atoms with E-state index in [0.29, 0.717) is 13.1 Å². The van der Waals surface area contributed by atoms with Crippen molar-refractivity contribution in [2.24, 2.45) is 5.92 Å². The van der Waals surface area contributed by atoms with Crippen molar-refractivity contribution in [1.82, 2.24) is 4.90 Å². The van der Waals surface area contributed by atoms with Gasteiger partial charge in [-0.1, -0.05) is 18.2 Å².